The number of nitrogens with zero attached hydrogens (tertiary/aromatic N) is 1. The number of carbonyl (C=O) groups is 2. The lowest BCUT2D eigenvalue weighted by Crippen LogP contribution is -2.43. The molecule has 0 saturated carbocycles. The van der Waals surface area contributed by atoms with Gasteiger partial charge in [0.05, 0.1) is 13.2 Å². The van der Waals surface area contributed by atoms with Crippen LogP contribution in [0.1, 0.15) is 12.0 Å². The molecule has 1 aliphatic heterocycles. The van der Waals surface area contributed by atoms with Crippen LogP contribution in [0.4, 0.5) is 14.9 Å². The molecule has 1 aliphatic rings. The number of rotatable bonds is 6. The Bertz CT molecular complexity index is 793. The standard InChI is InChI=1S/C20H22FN3O3/c1-27-18-8-2-14(3-9-18)10-11-22-20(26)23-16-12-19(25)24(13-16)17-6-4-15(21)5-7-17/h2-9,16H,10-13H2,1H3,(H2,22,23,26). The molecule has 7 heteroatoms. The van der Waals surface area contributed by atoms with E-state index in [1.807, 2.05) is 24.3 Å². The summed E-state index contributed by atoms with van der Waals surface area (Å²) in [5, 5.41) is 5.62. The van der Waals surface area contributed by atoms with E-state index in [4.69, 9.17) is 4.74 Å². The number of nitrogens with one attached hydrogen (secondary N) is 2. The molecule has 27 heavy (non-hydrogen) atoms. The monoisotopic (exact) mass is 371 g/mol. The summed E-state index contributed by atoms with van der Waals surface area (Å²) in [6, 6.07) is 12.8. The van der Waals surface area contributed by atoms with E-state index in [1.54, 1.807) is 24.1 Å². The number of amides is 3. The third kappa shape index (κ3) is 4.97. The Morgan fingerprint density at radius 2 is 1.89 bits per heavy atom. The maximum absolute atomic E-state index is 13.0. The van der Waals surface area contributed by atoms with Crippen LogP contribution in [0.25, 0.3) is 0 Å². The van der Waals surface area contributed by atoms with Crippen molar-refractivity contribution in [1.82, 2.24) is 10.6 Å². The highest BCUT2D eigenvalue weighted by atomic mass is 19.1. The Kier molecular flexibility index (Phi) is 5.90. The molecule has 0 bridgehead atoms. The average molecular weight is 371 g/mol. The molecule has 0 aliphatic carbocycles. The van der Waals surface area contributed by atoms with Gasteiger partial charge in [0.2, 0.25) is 5.91 Å². The number of halogens is 1. The molecular weight excluding hydrogens is 349 g/mol. The van der Waals surface area contributed by atoms with Gasteiger partial charge in [-0.2, -0.15) is 0 Å². The summed E-state index contributed by atoms with van der Waals surface area (Å²) in [5.74, 6) is 0.350. The van der Waals surface area contributed by atoms with E-state index in [1.165, 1.54) is 12.1 Å². The van der Waals surface area contributed by atoms with E-state index >= 15 is 0 Å². The predicted octanol–water partition coefficient (Wildman–Crippen LogP) is 2.48. The van der Waals surface area contributed by atoms with Crippen molar-refractivity contribution in [3.05, 3.63) is 59.9 Å². The minimum atomic E-state index is -0.351. The minimum Gasteiger partial charge on any atom is -0.497 e. The Labute approximate surface area is 157 Å². The van der Waals surface area contributed by atoms with Crippen molar-refractivity contribution in [1.29, 1.82) is 0 Å². The van der Waals surface area contributed by atoms with Crippen LogP contribution in [-0.4, -0.2) is 38.2 Å². The summed E-state index contributed by atoms with van der Waals surface area (Å²) in [7, 11) is 1.62. The van der Waals surface area contributed by atoms with E-state index in [0.29, 0.717) is 25.2 Å². The first-order valence-corrected chi connectivity index (χ1v) is 8.78. The lowest BCUT2D eigenvalue weighted by molar-refractivity contribution is -0.117. The molecular formula is C20H22FN3O3. The molecule has 6 nitrogen and oxygen atoms in total. The second kappa shape index (κ2) is 8.53. The van der Waals surface area contributed by atoms with Gasteiger partial charge in [0.15, 0.2) is 0 Å². The van der Waals surface area contributed by atoms with Crippen LogP contribution in [0.3, 0.4) is 0 Å². The number of hydrogen-bond donors (Lipinski definition) is 2. The maximum atomic E-state index is 13.0. The summed E-state index contributed by atoms with van der Waals surface area (Å²) < 4.78 is 18.1. The number of anilines is 1. The second-order valence-electron chi connectivity index (χ2n) is 6.38. The topological polar surface area (TPSA) is 70.7 Å². The zero-order chi connectivity index (χ0) is 19.2. The molecule has 0 aromatic heterocycles. The van der Waals surface area contributed by atoms with Crippen molar-refractivity contribution in [3.63, 3.8) is 0 Å². The van der Waals surface area contributed by atoms with Crippen LogP contribution < -0.4 is 20.3 Å². The Hall–Kier alpha value is -3.09. The molecule has 0 radical (unpaired) electrons. The average Bonchev–Trinajstić information content (AvgIpc) is 3.03. The fourth-order valence-electron chi connectivity index (χ4n) is 3.02. The van der Waals surface area contributed by atoms with Crippen LogP contribution in [0.5, 0.6) is 5.75 Å². The van der Waals surface area contributed by atoms with Crippen molar-refractivity contribution < 1.29 is 18.7 Å². The summed E-state index contributed by atoms with van der Waals surface area (Å²) in [6.45, 7) is 0.858. The summed E-state index contributed by atoms with van der Waals surface area (Å²) in [4.78, 5) is 25.8. The van der Waals surface area contributed by atoms with Gasteiger partial charge in [-0.05, 0) is 48.4 Å². The highest BCUT2D eigenvalue weighted by Crippen LogP contribution is 2.21. The smallest absolute Gasteiger partial charge is 0.315 e. The molecule has 0 spiro atoms. The van der Waals surface area contributed by atoms with Gasteiger partial charge < -0.3 is 20.3 Å². The summed E-state index contributed by atoms with van der Waals surface area (Å²) >= 11 is 0. The third-order valence-electron chi connectivity index (χ3n) is 4.46. The summed E-state index contributed by atoms with van der Waals surface area (Å²) in [6.07, 6.45) is 0.923. The van der Waals surface area contributed by atoms with E-state index in [9.17, 15) is 14.0 Å². The Balaban J connectivity index is 1.44. The molecule has 1 unspecified atom stereocenters. The van der Waals surface area contributed by atoms with Crippen LogP contribution in [-0.2, 0) is 11.2 Å². The molecule has 2 aromatic carbocycles. The van der Waals surface area contributed by atoms with E-state index in [-0.39, 0.29) is 30.2 Å². The lowest BCUT2D eigenvalue weighted by Gasteiger charge is -2.17. The molecule has 142 valence electrons. The number of carbonyl (C=O) groups excluding carboxylic acids is 2. The molecule has 1 saturated heterocycles. The van der Waals surface area contributed by atoms with Crippen molar-refractivity contribution in [2.75, 3.05) is 25.1 Å². The van der Waals surface area contributed by atoms with Crippen LogP contribution in [0, 0.1) is 5.82 Å². The molecule has 3 amide bonds. The van der Waals surface area contributed by atoms with Gasteiger partial charge in [-0.3, -0.25) is 4.79 Å². The van der Waals surface area contributed by atoms with E-state index < -0.39 is 0 Å². The van der Waals surface area contributed by atoms with Crippen LogP contribution in [0.2, 0.25) is 0 Å². The first-order valence-electron chi connectivity index (χ1n) is 8.78. The van der Waals surface area contributed by atoms with Crippen molar-refractivity contribution in [2.24, 2.45) is 0 Å². The molecule has 2 aromatic rings. The molecule has 1 heterocycles. The van der Waals surface area contributed by atoms with Gasteiger partial charge in [0.25, 0.3) is 0 Å². The van der Waals surface area contributed by atoms with Gasteiger partial charge >= 0.3 is 6.03 Å². The largest absolute Gasteiger partial charge is 0.497 e. The first kappa shape index (κ1) is 18.7. The number of urea groups is 1. The highest BCUT2D eigenvalue weighted by molar-refractivity contribution is 5.96. The van der Waals surface area contributed by atoms with Gasteiger partial charge in [-0.15, -0.1) is 0 Å². The second-order valence-corrected chi connectivity index (χ2v) is 6.38. The van der Waals surface area contributed by atoms with Gasteiger partial charge in [-0.1, -0.05) is 12.1 Å². The number of benzene rings is 2. The van der Waals surface area contributed by atoms with E-state index in [0.717, 1.165) is 11.3 Å². The fourth-order valence-corrected chi connectivity index (χ4v) is 3.02. The zero-order valence-electron chi connectivity index (χ0n) is 15.1. The maximum Gasteiger partial charge on any atom is 0.315 e. The van der Waals surface area contributed by atoms with Gasteiger partial charge in [0, 0.05) is 25.2 Å². The Morgan fingerprint density at radius 3 is 2.56 bits per heavy atom. The zero-order valence-corrected chi connectivity index (χ0v) is 15.1. The lowest BCUT2D eigenvalue weighted by atomic mass is 10.1. The number of hydrogen-bond acceptors (Lipinski definition) is 3. The van der Waals surface area contributed by atoms with Crippen LogP contribution >= 0.6 is 0 Å². The van der Waals surface area contributed by atoms with Crippen molar-refractivity contribution in [3.8, 4) is 5.75 Å². The number of ether oxygens (including phenoxy) is 1. The molecule has 3 rings (SSSR count). The SMILES string of the molecule is COc1ccc(CCNC(=O)NC2CC(=O)N(c3ccc(F)cc3)C2)cc1. The highest BCUT2D eigenvalue weighted by Gasteiger charge is 2.31. The van der Waals surface area contributed by atoms with Gasteiger partial charge in [0.1, 0.15) is 11.6 Å². The normalized spacial score (nSPS) is 16.3. The van der Waals surface area contributed by atoms with Crippen LogP contribution in [0.15, 0.2) is 48.5 Å². The van der Waals surface area contributed by atoms with Crippen molar-refractivity contribution >= 4 is 17.6 Å². The Morgan fingerprint density at radius 1 is 1.19 bits per heavy atom. The number of methoxy groups -OCH3 is 1. The van der Waals surface area contributed by atoms with Gasteiger partial charge in [-0.25, -0.2) is 9.18 Å². The third-order valence-corrected chi connectivity index (χ3v) is 4.46. The first-order chi connectivity index (χ1) is 13.0. The predicted molar refractivity (Wildman–Crippen MR) is 100 cm³/mol. The minimum absolute atomic E-state index is 0.0925. The van der Waals surface area contributed by atoms with E-state index in [2.05, 4.69) is 10.6 Å². The quantitative estimate of drug-likeness (QED) is 0.820. The molecule has 1 atom stereocenters. The summed E-state index contributed by atoms with van der Waals surface area (Å²) in [5.41, 5.74) is 1.72. The molecule has 2 N–H and O–H groups in total. The van der Waals surface area contributed by atoms with Crippen molar-refractivity contribution in [2.45, 2.75) is 18.9 Å². The fraction of sp³-hybridized carbons (Fsp3) is 0.300. The molecule has 1 fully saturated rings.